The lowest BCUT2D eigenvalue weighted by atomic mass is 9.81. The highest BCUT2D eigenvalue weighted by molar-refractivity contribution is 6.36. The molecule has 0 saturated carbocycles. The standard InChI is InChI=1S/C27H27Cl2FO4/c1-4-33-26(32)15-34-20-13-23(28)21(24(29)14-20)11-17-5-10-25(31)22(12-17)27(16(2)3)18-6-8-19(30)9-7-18/h5-10,12-14,16,27,31H,4,11,15H2,1-3H3. The first-order valence-electron chi connectivity index (χ1n) is 11.0. The first kappa shape index (κ1) is 25.9. The maximum Gasteiger partial charge on any atom is 0.344 e. The van der Waals surface area contributed by atoms with Gasteiger partial charge in [-0.3, -0.25) is 0 Å². The summed E-state index contributed by atoms with van der Waals surface area (Å²) in [5.74, 6) is -0.194. The monoisotopic (exact) mass is 504 g/mol. The number of hydrogen-bond donors (Lipinski definition) is 1. The Morgan fingerprint density at radius 2 is 1.68 bits per heavy atom. The van der Waals surface area contributed by atoms with E-state index in [9.17, 15) is 14.3 Å². The molecule has 0 spiro atoms. The Hall–Kier alpha value is -2.76. The highest BCUT2D eigenvalue weighted by atomic mass is 35.5. The van der Waals surface area contributed by atoms with E-state index in [-0.39, 0.29) is 36.6 Å². The molecule has 0 bridgehead atoms. The van der Waals surface area contributed by atoms with E-state index >= 15 is 0 Å². The lowest BCUT2D eigenvalue weighted by molar-refractivity contribution is -0.145. The van der Waals surface area contributed by atoms with Gasteiger partial charge in [0.15, 0.2) is 6.61 Å². The molecule has 3 rings (SSSR count). The molecule has 0 aliphatic heterocycles. The Kier molecular flexibility index (Phi) is 8.81. The van der Waals surface area contributed by atoms with E-state index in [4.69, 9.17) is 32.7 Å². The fourth-order valence-electron chi connectivity index (χ4n) is 3.94. The van der Waals surface area contributed by atoms with Crippen LogP contribution in [-0.2, 0) is 16.0 Å². The zero-order valence-electron chi connectivity index (χ0n) is 19.3. The van der Waals surface area contributed by atoms with Gasteiger partial charge in [-0.2, -0.15) is 0 Å². The van der Waals surface area contributed by atoms with Crippen molar-refractivity contribution >= 4 is 29.2 Å². The number of benzene rings is 3. The maximum atomic E-state index is 13.5. The fourth-order valence-corrected chi connectivity index (χ4v) is 4.54. The third kappa shape index (κ3) is 6.43. The molecule has 180 valence electrons. The molecular weight excluding hydrogens is 478 g/mol. The lowest BCUT2D eigenvalue weighted by Crippen LogP contribution is -2.14. The zero-order valence-corrected chi connectivity index (χ0v) is 20.8. The molecular formula is C27H27Cl2FO4. The van der Waals surface area contributed by atoms with Gasteiger partial charge in [-0.1, -0.05) is 61.3 Å². The molecule has 7 heteroatoms. The molecule has 0 aromatic heterocycles. The van der Waals surface area contributed by atoms with Crippen LogP contribution in [0.3, 0.4) is 0 Å². The molecule has 0 aliphatic rings. The smallest absolute Gasteiger partial charge is 0.344 e. The van der Waals surface area contributed by atoms with Crippen molar-refractivity contribution in [2.24, 2.45) is 5.92 Å². The van der Waals surface area contributed by atoms with E-state index in [2.05, 4.69) is 13.8 Å². The molecule has 1 N–H and O–H groups in total. The molecule has 3 aromatic carbocycles. The highest BCUT2D eigenvalue weighted by Crippen LogP contribution is 2.39. The second kappa shape index (κ2) is 11.6. The van der Waals surface area contributed by atoms with Gasteiger partial charge in [-0.15, -0.1) is 0 Å². The van der Waals surface area contributed by atoms with Crippen LogP contribution >= 0.6 is 23.2 Å². The van der Waals surface area contributed by atoms with Gasteiger partial charge in [-0.05, 0) is 59.9 Å². The summed E-state index contributed by atoms with van der Waals surface area (Å²) in [6.07, 6.45) is 0.428. The minimum atomic E-state index is -0.476. The summed E-state index contributed by atoms with van der Waals surface area (Å²) < 4.78 is 23.7. The molecule has 0 fully saturated rings. The molecule has 0 radical (unpaired) electrons. The summed E-state index contributed by atoms with van der Waals surface area (Å²) in [7, 11) is 0. The van der Waals surface area contributed by atoms with Crippen LogP contribution in [0.1, 0.15) is 48.9 Å². The average molecular weight is 505 g/mol. The third-order valence-electron chi connectivity index (χ3n) is 5.48. The topological polar surface area (TPSA) is 55.8 Å². The predicted molar refractivity (Wildman–Crippen MR) is 133 cm³/mol. The number of esters is 1. The van der Waals surface area contributed by atoms with E-state index in [1.54, 1.807) is 37.3 Å². The van der Waals surface area contributed by atoms with Gasteiger partial charge in [0.2, 0.25) is 0 Å². The molecule has 34 heavy (non-hydrogen) atoms. The summed E-state index contributed by atoms with van der Waals surface area (Å²) in [5.41, 5.74) is 3.28. The Morgan fingerprint density at radius 1 is 1.03 bits per heavy atom. The van der Waals surface area contributed by atoms with Crippen LogP contribution in [0.15, 0.2) is 54.6 Å². The average Bonchev–Trinajstić information content (AvgIpc) is 2.78. The van der Waals surface area contributed by atoms with E-state index in [1.807, 2.05) is 12.1 Å². The number of carbonyl (C=O) groups excluding carboxylic acids is 1. The minimum Gasteiger partial charge on any atom is -0.508 e. The molecule has 0 aliphatic carbocycles. The normalized spacial score (nSPS) is 12.0. The summed E-state index contributed by atoms with van der Waals surface area (Å²) in [6, 6.07) is 15.0. The van der Waals surface area contributed by atoms with Crippen LogP contribution in [0.2, 0.25) is 10.0 Å². The SMILES string of the molecule is CCOC(=O)COc1cc(Cl)c(Cc2ccc(O)c(C(c3ccc(F)cc3)C(C)C)c2)c(Cl)c1. The Labute approximate surface area is 209 Å². The third-order valence-corrected chi connectivity index (χ3v) is 6.15. The number of hydrogen-bond acceptors (Lipinski definition) is 4. The molecule has 0 saturated heterocycles. The second-order valence-electron chi connectivity index (χ2n) is 8.30. The maximum absolute atomic E-state index is 13.5. The quantitative estimate of drug-likeness (QED) is 0.314. The van der Waals surface area contributed by atoms with Gasteiger partial charge in [0.25, 0.3) is 0 Å². The predicted octanol–water partition coefficient (Wildman–Crippen LogP) is 7.16. The first-order valence-corrected chi connectivity index (χ1v) is 11.8. The van der Waals surface area contributed by atoms with Gasteiger partial charge in [0.1, 0.15) is 17.3 Å². The zero-order chi connectivity index (χ0) is 24.8. The van der Waals surface area contributed by atoms with Crippen molar-refractivity contribution in [3.8, 4) is 11.5 Å². The summed E-state index contributed by atoms with van der Waals surface area (Å²) in [6.45, 7) is 5.88. The van der Waals surface area contributed by atoms with Gasteiger partial charge in [0.05, 0.1) is 6.61 Å². The molecule has 3 aromatic rings. The van der Waals surface area contributed by atoms with Crippen LogP contribution in [0.5, 0.6) is 11.5 Å². The number of carbonyl (C=O) groups is 1. The molecule has 1 unspecified atom stereocenters. The van der Waals surface area contributed by atoms with Crippen molar-refractivity contribution in [2.45, 2.75) is 33.1 Å². The molecule has 4 nitrogen and oxygen atoms in total. The molecule has 0 heterocycles. The van der Waals surface area contributed by atoms with Crippen molar-refractivity contribution < 1.29 is 23.8 Å². The fraction of sp³-hybridized carbons (Fsp3) is 0.296. The lowest BCUT2D eigenvalue weighted by Gasteiger charge is -2.24. The van der Waals surface area contributed by atoms with E-state index in [0.29, 0.717) is 27.8 Å². The summed E-state index contributed by atoms with van der Waals surface area (Å²) >= 11 is 13.0. The van der Waals surface area contributed by atoms with Crippen LogP contribution in [0.4, 0.5) is 4.39 Å². The van der Waals surface area contributed by atoms with Crippen LogP contribution in [0.25, 0.3) is 0 Å². The summed E-state index contributed by atoms with van der Waals surface area (Å²) in [4.78, 5) is 11.5. The number of phenolic OH excluding ortho intramolecular Hbond substituents is 1. The van der Waals surface area contributed by atoms with E-state index in [1.165, 1.54) is 12.1 Å². The van der Waals surface area contributed by atoms with Crippen molar-refractivity contribution in [1.29, 1.82) is 0 Å². The highest BCUT2D eigenvalue weighted by Gasteiger charge is 2.22. The Morgan fingerprint density at radius 3 is 2.26 bits per heavy atom. The number of phenols is 1. The minimum absolute atomic E-state index is 0.120. The second-order valence-corrected chi connectivity index (χ2v) is 9.12. The molecule has 1 atom stereocenters. The van der Waals surface area contributed by atoms with Crippen molar-refractivity contribution in [3.63, 3.8) is 0 Å². The first-order chi connectivity index (χ1) is 16.2. The van der Waals surface area contributed by atoms with Gasteiger partial charge in [0, 0.05) is 27.9 Å². The van der Waals surface area contributed by atoms with Gasteiger partial charge < -0.3 is 14.6 Å². The van der Waals surface area contributed by atoms with Gasteiger partial charge >= 0.3 is 5.97 Å². The number of aromatic hydroxyl groups is 1. The van der Waals surface area contributed by atoms with Crippen molar-refractivity contribution in [1.82, 2.24) is 0 Å². The molecule has 0 amide bonds. The largest absolute Gasteiger partial charge is 0.508 e. The van der Waals surface area contributed by atoms with Gasteiger partial charge in [-0.25, -0.2) is 9.18 Å². The van der Waals surface area contributed by atoms with Crippen molar-refractivity contribution in [3.05, 3.63) is 92.7 Å². The van der Waals surface area contributed by atoms with Crippen LogP contribution < -0.4 is 4.74 Å². The van der Waals surface area contributed by atoms with E-state index in [0.717, 1.165) is 16.7 Å². The van der Waals surface area contributed by atoms with Crippen LogP contribution in [-0.4, -0.2) is 24.3 Å². The number of rotatable bonds is 9. The van der Waals surface area contributed by atoms with Crippen molar-refractivity contribution in [2.75, 3.05) is 13.2 Å². The Balaban J connectivity index is 1.87. The number of halogens is 3. The Bertz CT molecular complexity index is 1120. The summed E-state index contributed by atoms with van der Waals surface area (Å²) in [5, 5.41) is 11.4. The van der Waals surface area contributed by atoms with Crippen LogP contribution in [0, 0.1) is 11.7 Å². The number of ether oxygens (including phenoxy) is 2. The van der Waals surface area contributed by atoms with E-state index < -0.39 is 5.97 Å².